The lowest BCUT2D eigenvalue weighted by atomic mass is 9.84. The number of hydrogen-bond donors (Lipinski definition) is 0. The highest BCUT2D eigenvalue weighted by Gasteiger charge is 2.15. The van der Waals surface area contributed by atoms with Crippen LogP contribution in [0.1, 0.15) is 44.4 Å². The van der Waals surface area contributed by atoms with Crippen LogP contribution in [0.25, 0.3) is 0 Å². The Bertz CT molecular complexity index is 321. The molecule has 0 aliphatic rings. The largest absolute Gasteiger partial charge is 0.157 e. The van der Waals surface area contributed by atoms with Crippen LogP contribution in [0.15, 0.2) is 18.2 Å². The minimum Gasteiger partial charge on any atom is -0.157 e. The van der Waals surface area contributed by atoms with Gasteiger partial charge in [-0.25, -0.2) is 0 Å². The van der Waals surface area contributed by atoms with Gasteiger partial charge in [-0.15, -0.1) is 0 Å². The van der Waals surface area contributed by atoms with Crippen LogP contribution >= 0.6 is 11.8 Å². The Kier molecular flexibility index (Phi) is 4.27. The molecule has 15 heavy (non-hydrogen) atoms. The van der Waals surface area contributed by atoms with Crippen LogP contribution in [0, 0.1) is 6.92 Å². The molecular weight excluding hydrogens is 200 g/mol. The zero-order chi connectivity index (χ0) is 11.5. The lowest BCUT2D eigenvalue weighted by Gasteiger charge is -2.22. The van der Waals surface area contributed by atoms with E-state index in [1.165, 1.54) is 22.4 Å². The van der Waals surface area contributed by atoms with Gasteiger partial charge in [0.2, 0.25) is 0 Å². The van der Waals surface area contributed by atoms with Gasteiger partial charge >= 0.3 is 0 Å². The molecule has 1 aromatic rings. The van der Waals surface area contributed by atoms with Gasteiger partial charge < -0.3 is 0 Å². The molecule has 0 aromatic heterocycles. The van der Waals surface area contributed by atoms with Gasteiger partial charge in [-0.05, 0) is 34.8 Å². The summed E-state index contributed by atoms with van der Waals surface area (Å²) in [5.74, 6) is 2.34. The van der Waals surface area contributed by atoms with Crippen LogP contribution in [-0.2, 0) is 11.2 Å². The van der Waals surface area contributed by atoms with Crippen molar-refractivity contribution in [3.05, 3.63) is 34.9 Å². The van der Waals surface area contributed by atoms with Crippen molar-refractivity contribution in [2.24, 2.45) is 0 Å². The molecule has 1 aromatic carbocycles. The molecule has 0 radical (unpaired) electrons. The van der Waals surface area contributed by atoms with E-state index in [-0.39, 0.29) is 5.41 Å². The highest BCUT2D eigenvalue weighted by Crippen LogP contribution is 2.27. The molecule has 1 heteroatoms. The molecule has 0 atom stereocenters. The number of hydrogen-bond acceptors (Lipinski definition) is 1. The van der Waals surface area contributed by atoms with E-state index in [0.29, 0.717) is 0 Å². The summed E-state index contributed by atoms with van der Waals surface area (Å²) in [6.45, 7) is 11.3. The van der Waals surface area contributed by atoms with Gasteiger partial charge in [-0.1, -0.05) is 45.9 Å². The Labute approximate surface area is 98.5 Å². The summed E-state index contributed by atoms with van der Waals surface area (Å²) in [5, 5.41) is 0. The molecule has 0 heterocycles. The quantitative estimate of drug-likeness (QED) is 0.723. The first-order valence-electron chi connectivity index (χ1n) is 5.63. The SMILES string of the molecule is CCSCc1ccc(C(C)(C)C)c(C)c1. The van der Waals surface area contributed by atoms with Crippen LogP contribution in [0.5, 0.6) is 0 Å². The minimum atomic E-state index is 0.264. The molecule has 0 saturated carbocycles. The molecule has 0 N–H and O–H groups in total. The van der Waals surface area contributed by atoms with Crippen molar-refractivity contribution in [2.45, 2.75) is 45.8 Å². The predicted octanol–water partition coefficient (Wildman–Crippen LogP) is 4.55. The summed E-state index contributed by atoms with van der Waals surface area (Å²) in [6, 6.07) is 6.90. The van der Waals surface area contributed by atoms with Crippen LogP contribution in [0.3, 0.4) is 0 Å². The average molecular weight is 222 g/mol. The number of aryl methyl sites for hydroxylation is 1. The van der Waals surface area contributed by atoms with E-state index in [1.807, 2.05) is 11.8 Å². The van der Waals surface area contributed by atoms with Crippen molar-refractivity contribution in [2.75, 3.05) is 5.75 Å². The van der Waals surface area contributed by atoms with E-state index < -0.39 is 0 Å². The summed E-state index contributed by atoms with van der Waals surface area (Å²) in [7, 11) is 0. The molecule has 0 unspecified atom stereocenters. The van der Waals surface area contributed by atoms with E-state index in [4.69, 9.17) is 0 Å². The molecule has 0 fully saturated rings. The summed E-state index contributed by atoms with van der Waals surface area (Å²) >= 11 is 1.98. The van der Waals surface area contributed by atoms with E-state index >= 15 is 0 Å². The number of rotatable bonds is 3. The highest BCUT2D eigenvalue weighted by molar-refractivity contribution is 7.98. The Hall–Kier alpha value is -0.430. The second kappa shape index (κ2) is 5.07. The Morgan fingerprint density at radius 2 is 1.87 bits per heavy atom. The molecule has 84 valence electrons. The normalized spacial score (nSPS) is 11.8. The van der Waals surface area contributed by atoms with E-state index in [0.717, 1.165) is 5.75 Å². The van der Waals surface area contributed by atoms with E-state index in [2.05, 4.69) is 52.8 Å². The lowest BCUT2D eigenvalue weighted by molar-refractivity contribution is 0.586. The predicted molar refractivity (Wildman–Crippen MR) is 71.7 cm³/mol. The first-order valence-corrected chi connectivity index (χ1v) is 6.78. The fraction of sp³-hybridized carbons (Fsp3) is 0.571. The molecular formula is C14H22S. The lowest BCUT2D eigenvalue weighted by Crippen LogP contribution is -2.13. The third-order valence-electron chi connectivity index (χ3n) is 2.57. The highest BCUT2D eigenvalue weighted by atomic mass is 32.2. The molecule has 0 nitrogen and oxygen atoms in total. The Balaban J connectivity index is 2.89. The molecule has 0 aliphatic carbocycles. The van der Waals surface area contributed by atoms with Gasteiger partial charge in [0.25, 0.3) is 0 Å². The van der Waals surface area contributed by atoms with Crippen LogP contribution in [0.4, 0.5) is 0 Å². The summed E-state index contributed by atoms with van der Waals surface area (Å²) in [6.07, 6.45) is 0. The molecule has 0 saturated heterocycles. The fourth-order valence-electron chi connectivity index (χ4n) is 1.88. The van der Waals surface area contributed by atoms with E-state index in [9.17, 15) is 0 Å². The summed E-state index contributed by atoms with van der Waals surface area (Å²) in [5.41, 5.74) is 4.61. The third-order valence-corrected chi connectivity index (χ3v) is 3.52. The maximum atomic E-state index is 2.34. The van der Waals surface area contributed by atoms with Gasteiger partial charge in [-0.2, -0.15) is 11.8 Å². The monoisotopic (exact) mass is 222 g/mol. The van der Waals surface area contributed by atoms with Crippen molar-refractivity contribution in [3.8, 4) is 0 Å². The van der Waals surface area contributed by atoms with Crippen LogP contribution in [0.2, 0.25) is 0 Å². The minimum absolute atomic E-state index is 0.264. The van der Waals surface area contributed by atoms with Gasteiger partial charge in [0.1, 0.15) is 0 Å². The first kappa shape index (κ1) is 12.6. The van der Waals surface area contributed by atoms with Gasteiger partial charge in [-0.3, -0.25) is 0 Å². The summed E-state index contributed by atoms with van der Waals surface area (Å²) in [4.78, 5) is 0. The second-order valence-electron chi connectivity index (χ2n) is 5.04. The molecule has 0 amide bonds. The topological polar surface area (TPSA) is 0 Å². The summed E-state index contributed by atoms with van der Waals surface area (Å²) < 4.78 is 0. The molecule has 1 rings (SSSR count). The van der Waals surface area contributed by atoms with Gasteiger partial charge in [0, 0.05) is 5.75 Å². The van der Waals surface area contributed by atoms with E-state index in [1.54, 1.807) is 0 Å². The fourth-order valence-corrected chi connectivity index (χ4v) is 2.50. The zero-order valence-corrected chi connectivity index (χ0v) is 11.4. The zero-order valence-electron chi connectivity index (χ0n) is 10.6. The second-order valence-corrected chi connectivity index (χ2v) is 6.31. The maximum Gasteiger partial charge on any atom is 0.0184 e. The van der Waals surface area contributed by atoms with Crippen LogP contribution in [-0.4, -0.2) is 5.75 Å². The van der Waals surface area contributed by atoms with Crippen molar-refractivity contribution in [1.82, 2.24) is 0 Å². The number of thioether (sulfide) groups is 1. The Morgan fingerprint density at radius 3 is 2.33 bits per heavy atom. The van der Waals surface area contributed by atoms with Crippen molar-refractivity contribution in [3.63, 3.8) is 0 Å². The molecule has 0 spiro atoms. The molecule has 0 bridgehead atoms. The standard InChI is InChI=1S/C14H22S/c1-6-15-10-12-7-8-13(11(2)9-12)14(3,4)5/h7-9H,6,10H2,1-5H3. The average Bonchev–Trinajstić information content (AvgIpc) is 2.12. The maximum absolute atomic E-state index is 2.34. The van der Waals surface area contributed by atoms with Crippen molar-refractivity contribution < 1.29 is 0 Å². The van der Waals surface area contributed by atoms with Crippen molar-refractivity contribution in [1.29, 1.82) is 0 Å². The first-order chi connectivity index (χ1) is 6.95. The Morgan fingerprint density at radius 1 is 1.20 bits per heavy atom. The smallest absolute Gasteiger partial charge is 0.0184 e. The number of benzene rings is 1. The van der Waals surface area contributed by atoms with Crippen molar-refractivity contribution >= 4 is 11.8 Å². The third kappa shape index (κ3) is 3.57. The van der Waals surface area contributed by atoms with Crippen LogP contribution < -0.4 is 0 Å². The van der Waals surface area contributed by atoms with Gasteiger partial charge in [0.15, 0.2) is 0 Å². The molecule has 0 aliphatic heterocycles. The van der Waals surface area contributed by atoms with Gasteiger partial charge in [0.05, 0.1) is 0 Å².